The zero-order valence-electron chi connectivity index (χ0n) is 8.84. The molecule has 1 heterocycles. The Morgan fingerprint density at radius 1 is 1.00 bits per heavy atom. The Balaban J connectivity index is 1.98. The Labute approximate surface area is 101 Å². The Bertz CT molecular complexity index is 700. The number of aromatic nitrogens is 1. The third-order valence-electron chi connectivity index (χ3n) is 2.37. The fourth-order valence-corrected chi connectivity index (χ4v) is 2.34. The Hall–Kier alpha value is -2.07. The summed E-state index contributed by atoms with van der Waals surface area (Å²) >= 11 is 1.20. The summed E-state index contributed by atoms with van der Waals surface area (Å²) in [5, 5.41) is 0. The van der Waals surface area contributed by atoms with Gasteiger partial charge in [-0.2, -0.15) is 0 Å². The van der Waals surface area contributed by atoms with E-state index < -0.39 is 0 Å². The Morgan fingerprint density at radius 2 is 1.82 bits per heavy atom. The molecule has 3 nitrogen and oxygen atoms in total. The van der Waals surface area contributed by atoms with Crippen molar-refractivity contribution >= 4 is 21.6 Å². The third-order valence-corrected chi connectivity index (χ3v) is 3.23. The smallest absolute Gasteiger partial charge is 0.305 e. The van der Waals surface area contributed by atoms with Crippen molar-refractivity contribution in [2.45, 2.75) is 0 Å². The zero-order chi connectivity index (χ0) is 11.7. The van der Waals surface area contributed by atoms with Gasteiger partial charge in [0.15, 0.2) is 0 Å². The van der Waals surface area contributed by atoms with Gasteiger partial charge in [-0.05, 0) is 24.3 Å². The molecular formula is C13H9NO2S. The molecule has 0 radical (unpaired) electrons. The van der Waals surface area contributed by atoms with Gasteiger partial charge in [0.1, 0.15) is 11.5 Å². The van der Waals surface area contributed by atoms with Crippen LogP contribution in [0.1, 0.15) is 0 Å². The first-order valence-corrected chi connectivity index (χ1v) is 5.99. The maximum Gasteiger partial charge on any atom is 0.305 e. The summed E-state index contributed by atoms with van der Waals surface area (Å²) in [6.45, 7) is 0. The largest absolute Gasteiger partial charge is 0.457 e. The number of hydrogen-bond acceptors (Lipinski definition) is 3. The highest BCUT2D eigenvalue weighted by atomic mass is 32.1. The molecule has 0 unspecified atom stereocenters. The van der Waals surface area contributed by atoms with E-state index in [2.05, 4.69) is 4.98 Å². The molecule has 0 aliphatic carbocycles. The van der Waals surface area contributed by atoms with Crippen molar-refractivity contribution in [3.63, 3.8) is 0 Å². The number of thiazole rings is 1. The zero-order valence-corrected chi connectivity index (χ0v) is 9.66. The standard InChI is InChI=1S/C13H9NO2S/c15-13-14-11-8-10(6-7-12(11)17-13)16-9-4-2-1-3-5-9/h1-8H,(H,14,15). The van der Waals surface area contributed by atoms with Crippen LogP contribution in [0.25, 0.3) is 10.2 Å². The summed E-state index contributed by atoms with van der Waals surface area (Å²) in [7, 11) is 0. The van der Waals surface area contributed by atoms with Crippen molar-refractivity contribution in [3.8, 4) is 11.5 Å². The van der Waals surface area contributed by atoms with Gasteiger partial charge in [0.25, 0.3) is 0 Å². The number of para-hydroxylation sites is 1. The average molecular weight is 243 g/mol. The molecule has 3 aromatic rings. The molecule has 0 bridgehead atoms. The van der Waals surface area contributed by atoms with Gasteiger partial charge in [0.05, 0.1) is 10.2 Å². The lowest BCUT2D eigenvalue weighted by Crippen LogP contribution is -1.89. The third kappa shape index (κ3) is 2.07. The fraction of sp³-hybridized carbons (Fsp3) is 0. The summed E-state index contributed by atoms with van der Waals surface area (Å²) < 4.78 is 6.62. The number of ether oxygens (including phenoxy) is 1. The maximum absolute atomic E-state index is 11.2. The maximum atomic E-state index is 11.2. The normalized spacial score (nSPS) is 10.6. The molecule has 0 saturated heterocycles. The molecule has 0 fully saturated rings. The van der Waals surface area contributed by atoms with Crippen LogP contribution in [0.3, 0.4) is 0 Å². The second-order valence-corrected chi connectivity index (χ2v) is 4.60. The Kier molecular flexibility index (Phi) is 2.42. The van der Waals surface area contributed by atoms with Gasteiger partial charge in [0.2, 0.25) is 0 Å². The van der Waals surface area contributed by atoms with Gasteiger partial charge in [-0.3, -0.25) is 4.79 Å². The van der Waals surface area contributed by atoms with Crippen LogP contribution in [0.5, 0.6) is 11.5 Å². The molecule has 0 aliphatic heterocycles. The van der Waals surface area contributed by atoms with Gasteiger partial charge >= 0.3 is 4.87 Å². The number of nitrogens with one attached hydrogen (secondary N) is 1. The first-order chi connectivity index (χ1) is 8.31. The predicted molar refractivity (Wildman–Crippen MR) is 69.0 cm³/mol. The van der Waals surface area contributed by atoms with E-state index in [1.165, 1.54) is 11.3 Å². The molecule has 17 heavy (non-hydrogen) atoms. The lowest BCUT2D eigenvalue weighted by Gasteiger charge is -2.04. The number of hydrogen-bond donors (Lipinski definition) is 1. The van der Waals surface area contributed by atoms with Crippen molar-refractivity contribution in [1.29, 1.82) is 0 Å². The van der Waals surface area contributed by atoms with E-state index in [4.69, 9.17) is 4.74 Å². The second-order valence-electron chi connectivity index (χ2n) is 3.59. The minimum atomic E-state index is -0.0446. The summed E-state index contributed by atoms with van der Waals surface area (Å²) in [4.78, 5) is 13.9. The highest BCUT2D eigenvalue weighted by molar-refractivity contribution is 7.16. The minimum absolute atomic E-state index is 0.0446. The van der Waals surface area contributed by atoms with Crippen LogP contribution in [0.2, 0.25) is 0 Å². The summed E-state index contributed by atoms with van der Waals surface area (Å²) in [5.41, 5.74) is 0.813. The molecule has 0 atom stereocenters. The van der Waals surface area contributed by atoms with Crippen molar-refractivity contribution < 1.29 is 4.74 Å². The number of fused-ring (bicyclic) bond motifs is 1. The Morgan fingerprint density at radius 3 is 2.65 bits per heavy atom. The monoisotopic (exact) mass is 243 g/mol. The van der Waals surface area contributed by atoms with Crippen molar-refractivity contribution in [1.82, 2.24) is 4.98 Å². The van der Waals surface area contributed by atoms with Crippen LogP contribution in [0, 0.1) is 0 Å². The minimum Gasteiger partial charge on any atom is -0.457 e. The number of benzene rings is 2. The molecule has 2 aromatic carbocycles. The molecule has 84 valence electrons. The first-order valence-electron chi connectivity index (χ1n) is 5.17. The van der Waals surface area contributed by atoms with Crippen molar-refractivity contribution in [3.05, 3.63) is 58.2 Å². The molecule has 0 amide bonds. The molecule has 0 saturated carbocycles. The first kappa shape index (κ1) is 10.1. The van der Waals surface area contributed by atoms with Gasteiger partial charge in [-0.15, -0.1) is 0 Å². The van der Waals surface area contributed by atoms with Gasteiger partial charge in [0, 0.05) is 6.07 Å². The predicted octanol–water partition coefficient (Wildman–Crippen LogP) is 3.38. The van der Waals surface area contributed by atoms with Crippen LogP contribution in [0.4, 0.5) is 0 Å². The van der Waals surface area contributed by atoms with E-state index in [1.807, 2.05) is 48.5 Å². The second kappa shape index (κ2) is 4.07. The highest BCUT2D eigenvalue weighted by Gasteiger charge is 2.02. The lowest BCUT2D eigenvalue weighted by molar-refractivity contribution is 0.483. The number of H-pyrrole nitrogens is 1. The van der Waals surface area contributed by atoms with Gasteiger partial charge in [-0.25, -0.2) is 0 Å². The van der Waals surface area contributed by atoms with Crippen LogP contribution < -0.4 is 9.61 Å². The molecule has 4 heteroatoms. The number of rotatable bonds is 2. The van der Waals surface area contributed by atoms with E-state index in [0.29, 0.717) is 0 Å². The molecule has 1 aromatic heterocycles. The number of aromatic amines is 1. The summed E-state index contributed by atoms with van der Waals surface area (Å²) in [5.74, 6) is 1.50. The average Bonchev–Trinajstić information content (AvgIpc) is 2.70. The topological polar surface area (TPSA) is 42.1 Å². The van der Waals surface area contributed by atoms with Crippen LogP contribution in [0.15, 0.2) is 53.3 Å². The van der Waals surface area contributed by atoms with Crippen LogP contribution in [-0.4, -0.2) is 4.98 Å². The van der Waals surface area contributed by atoms with Gasteiger partial charge in [-0.1, -0.05) is 29.5 Å². The van der Waals surface area contributed by atoms with E-state index in [-0.39, 0.29) is 4.87 Å². The highest BCUT2D eigenvalue weighted by Crippen LogP contribution is 2.25. The summed E-state index contributed by atoms with van der Waals surface area (Å²) in [6, 6.07) is 15.1. The molecule has 1 N–H and O–H groups in total. The molecule has 0 spiro atoms. The lowest BCUT2D eigenvalue weighted by atomic mass is 10.3. The van der Waals surface area contributed by atoms with E-state index in [1.54, 1.807) is 0 Å². The SMILES string of the molecule is O=c1[nH]c2cc(Oc3ccccc3)ccc2s1. The molecule has 0 aliphatic rings. The van der Waals surface area contributed by atoms with Crippen LogP contribution in [-0.2, 0) is 0 Å². The van der Waals surface area contributed by atoms with E-state index >= 15 is 0 Å². The fourth-order valence-electron chi connectivity index (χ4n) is 1.62. The van der Waals surface area contributed by atoms with Gasteiger partial charge < -0.3 is 9.72 Å². The quantitative estimate of drug-likeness (QED) is 0.749. The van der Waals surface area contributed by atoms with E-state index in [0.717, 1.165) is 21.7 Å². The van der Waals surface area contributed by atoms with Crippen molar-refractivity contribution in [2.75, 3.05) is 0 Å². The molecule has 3 rings (SSSR count). The van der Waals surface area contributed by atoms with Crippen molar-refractivity contribution in [2.24, 2.45) is 0 Å². The summed E-state index contributed by atoms with van der Waals surface area (Å²) in [6.07, 6.45) is 0. The van der Waals surface area contributed by atoms with E-state index in [9.17, 15) is 4.79 Å². The van der Waals surface area contributed by atoms with Crippen LogP contribution >= 0.6 is 11.3 Å². The molecular weight excluding hydrogens is 234 g/mol.